The van der Waals surface area contributed by atoms with Gasteiger partial charge in [0.2, 0.25) is 0 Å². The average molecular weight is 267 g/mol. The van der Waals surface area contributed by atoms with Crippen molar-refractivity contribution < 1.29 is 9.47 Å². The number of ether oxygens (including phenoxy) is 2. The minimum atomic E-state index is -0.0372. The second-order valence-electron chi connectivity index (χ2n) is 5.62. The molecular weight excluding hydrogens is 246 g/mol. The van der Waals surface area contributed by atoms with Crippen LogP contribution in [-0.4, -0.2) is 25.4 Å². The molecule has 0 bridgehead atoms. The number of hydrogen-bond donors (Lipinski definition) is 1. The maximum absolute atomic E-state index is 6.48. The lowest BCUT2D eigenvalue weighted by Crippen LogP contribution is -2.43. The lowest BCUT2D eigenvalue weighted by atomic mass is 9.79. The monoisotopic (exact) mass is 267 g/mol. The van der Waals surface area contributed by atoms with Crippen molar-refractivity contribution in [2.24, 2.45) is 11.7 Å². The zero-order valence-corrected chi connectivity index (χ0v) is 11.7. The van der Waals surface area contributed by atoms with Crippen LogP contribution in [0.15, 0.2) is 10.8 Å². The Morgan fingerprint density at radius 3 is 3.00 bits per heavy atom. The van der Waals surface area contributed by atoms with E-state index < -0.39 is 0 Å². The van der Waals surface area contributed by atoms with E-state index >= 15 is 0 Å². The molecule has 1 spiro atoms. The quantitative estimate of drug-likeness (QED) is 0.896. The summed E-state index contributed by atoms with van der Waals surface area (Å²) in [5.41, 5.74) is 9.09. The highest BCUT2D eigenvalue weighted by Gasteiger charge is 2.42. The highest BCUT2D eigenvalue weighted by Crippen LogP contribution is 2.41. The van der Waals surface area contributed by atoms with Gasteiger partial charge in [-0.15, -0.1) is 0 Å². The normalized spacial score (nSPS) is 34.0. The summed E-state index contributed by atoms with van der Waals surface area (Å²) in [5, 5.41) is 4.39. The van der Waals surface area contributed by atoms with Crippen LogP contribution in [0.25, 0.3) is 0 Å². The van der Waals surface area contributed by atoms with Gasteiger partial charge in [-0.3, -0.25) is 0 Å². The molecule has 2 fully saturated rings. The van der Waals surface area contributed by atoms with E-state index in [-0.39, 0.29) is 11.6 Å². The Balaban J connectivity index is 1.74. The molecule has 0 radical (unpaired) electrons. The fraction of sp³-hybridized carbons (Fsp3) is 0.714. The predicted molar refractivity (Wildman–Crippen MR) is 72.8 cm³/mol. The van der Waals surface area contributed by atoms with E-state index in [1.807, 2.05) is 0 Å². The van der Waals surface area contributed by atoms with E-state index in [0.717, 1.165) is 39.1 Å². The van der Waals surface area contributed by atoms with Gasteiger partial charge < -0.3 is 15.2 Å². The molecule has 4 heteroatoms. The van der Waals surface area contributed by atoms with Crippen molar-refractivity contribution in [2.45, 2.75) is 37.8 Å². The lowest BCUT2D eigenvalue weighted by Gasteiger charge is -2.39. The fourth-order valence-corrected chi connectivity index (χ4v) is 4.10. The van der Waals surface area contributed by atoms with Crippen molar-refractivity contribution >= 4 is 11.3 Å². The minimum Gasteiger partial charge on any atom is -0.378 e. The van der Waals surface area contributed by atoms with Crippen molar-refractivity contribution in [1.29, 1.82) is 0 Å². The van der Waals surface area contributed by atoms with E-state index in [2.05, 4.69) is 17.7 Å². The molecule has 3 unspecified atom stereocenters. The van der Waals surface area contributed by atoms with Gasteiger partial charge in [-0.25, -0.2) is 0 Å². The Morgan fingerprint density at radius 1 is 1.44 bits per heavy atom. The Labute approximate surface area is 112 Å². The summed E-state index contributed by atoms with van der Waals surface area (Å²) >= 11 is 1.75. The van der Waals surface area contributed by atoms with Crippen LogP contribution in [-0.2, 0) is 9.47 Å². The van der Waals surface area contributed by atoms with E-state index in [4.69, 9.17) is 15.2 Å². The van der Waals surface area contributed by atoms with Gasteiger partial charge in [0.05, 0.1) is 12.2 Å². The summed E-state index contributed by atoms with van der Waals surface area (Å²) in [4.78, 5) is 0. The number of nitrogens with two attached hydrogens (primary N) is 1. The third-order valence-corrected chi connectivity index (χ3v) is 5.24. The van der Waals surface area contributed by atoms with Crippen molar-refractivity contribution in [2.75, 3.05) is 19.8 Å². The molecule has 3 heterocycles. The number of rotatable bonds is 2. The highest BCUT2D eigenvalue weighted by atomic mass is 32.1. The van der Waals surface area contributed by atoms with Crippen molar-refractivity contribution in [3.8, 4) is 0 Å². The van der Waals surface area contributed by atoms with Crippen LogP contribution in [0.4, 0.5) is 0 Å². The number of hydrogen-bond acceptors (Lipinski definition) is 4. The summed E-state index contributed by atoms with van der Waals surface area (Å²) in [6, 6.07) is 0.151. The van der Waals surface area contributed by atoms with Crippen LogP contribution in [0.3, 0.4) is 0 Å². The molecule has 3 atom stereocenters. The molecule has 3 rings (SSSR count). The van der Waals surface area contributed by atoms with E-state index in [9.17, 15) is 0 Å². The molecule has 2 aliphatic rings. The van der Waals surface area contributed by atoms with Gasteiger partial charge in [-0.1, -0.05) is 0 Å². The van der Waals surface area contributed by atoms with Crippen molar-refractivity contribution in [1.82, 2.24) is 0 Å². The maximum atomic E-state index is 6.48. The van der Waals surface area contributed by atoms with E-state index in [1.54, 1.807) is 11.3 Å². The second kappa shape index (κ2) is 4.93. The molecule has 1 aromatic heterocycles. The molecule has 3 nitrogen and oxygen atoms in total. The van der Waals surface area contributed by atoms with Crippen LogP contribution in [0.5, 0.6) is 0 Å². The SMILES string of the molecule is Cc1cscc1C(N)C1CCOC2(CCOC2)C1. The largest absolute Gasteiger partial charge is 0.378 e. The first-order chi connectivity index (χ1) is 8.70. The fourth-order valence-electron chi connectivity index (χ4n) is 3.20. The smallest absolute Gasteiger partial charge is 0.0940 e. The van der Waals surface area contributed by atoms with Crippen LogP contribution in [0.1, 0.15) is 36.4 Å². The van der Waals surface area contributed by atoms with Crippen LogP contribution >= 0.6 is 11.3 Å². The average Bonchev–Trinajstić information content (AvgIpc) is 2.98. The minimum absolute atomic E-state index is 0.0372. The first kappa shape index (κ1) is 12.6. The van der Waals surface area contributed by atoms with Gasteiger partial charge in [0.1, 0.15) is 0 Å². The van der Waals surface area contributed by atoms with Crippen LogP contribution < -0.4 is 5.73 Å². The Morgan fingerprint density at radius 2 is 2.33 bits per heavy atom. The molecule has 0 saturated carbocycles. The van der Waals surface area contributed by atoms with Gasteiger partial charge in [-0.05, 0) is 47.6 Å². The Hall–Kier alpha value is -0.420. The molecule has 18 heavy (non-hydrogen) atoms. The highest BCUT2D eigenvalue weighted by molar-refractivity contribution is 7.08. The van der Waals surface area contributed by atoms with E-state index in [0.29, 0.717) is 5.92 Å². The third kappa shape index (κ3) is 2.23. The Kier molecular flexibility index (Phi) is 3.45. The zero-order valence-electron chi connectivity index (χ0n) is 10.9. The van der Waals surface area contributed by atoms with Gasteiger partial charge in [0, 0.05) is 25.7 Å². The predicted octanol–water partition coefficient (Wildman–Crippen LogP) is 2.64. The molecular formula is C14H21NO2S. The second-order valence-corrected chi connectivity index (χ2v) is 6.37. The lowest BCUT2D eigenvalue weighted by molar-refractivity contribution is -0.101. The van der Waals surface area contributed by atoms with E-state index in [1.165, 1.54) is 11.1 Å². The topological polar surface area (TPSA) is 44.5 Å². The summed E-state index contributed by atoms with van der Waals surface area (Å²) in [6.07, 6.45) is 3.14. The molecule has 100 valence electrons. The molecule has 0 aliphatic carbocycles. The number of thiophene rings is 1. The molecule has 2 N–H and O–H groups in total. The molecule has 1 aromatic rings. The first-order valence-corrected chi connectivity index (χ1v) is 7.64. The zero-order chi connectivity index (χ0) is 12.6. The number of aryl methyl sites for hydroxylation is 1. The standard InChI is InChI=1S/C14H21NO2S/c1-10-7-18-8-12(10)13(15)11-2-4-17-14(6-11)3-5-16-9-14/h7-8,11,13H,2-6,9,15H2,1H3. The van der Waals surface area contributed by atoms with Crippen molar-refractivity contribution in [3.63, 3.8) is 0 Å². The maximum Gasteiger partial charge on any atom is 0.0940 e. The first-order valence-electron chi connectivity index (χ1n) is 6.70. The third-order valence-electron chi connectivity index (χ3n) is 4.36. The summed E-state index contributed by atoms with van der Waals surface area (Å²) in [7, 11) is 0. The van der Waals surface area contributed by atoms with Gasteiger partial charge in [-0.2, -0.15) is 11.3 Å². The summed E-state index contributed by atoms with van der Waals surface area (Å²) in [6.45, 7) is 4.56. The van der Waals surface area contributed by atoms with Crippen LogP contribution in [0.2, 0.25) is 0 Å². The molecule has 0 amide bonds. The molecule has 0 aromatic carbocycles. The van der Waals surface area contributed by atoms with Crippen LogP contribution in [0, 0.1) is 12.8 Å². The van der Waals surface area contributed by atoms with Gasteiger partial charge >= 0.3 is 0 Å². The summed E-state index contributed by atoms with van der Waals surface area (Å²) < 4.78 is 11.5. The Bertz CT molecular complexity index is 412. The molecule has 2 saturated heterocycles. The van der Waals surface area contributed by atoms with Crippen molar-refractivity contribution in [3.05, 3.63) is 21.9 Å². The molecule has 2 aliphatic heterocycles. The van der Waals surface area contributed by atoms with Gasteiger partial charge in [0.25, 0.3) is 0 Å². The summed E-state index contributed by atoms with van der Waals surface area (Å²) in [5.74, 6) is 0.522. The van der Waals surface area contributed by atoms with Gasteiger partial charge in [0.15, 0.2) is 0 Å².